The second-order valence-electron chi connectivity index (χ2n) is 4.01. The summed E-state index contributed by atoms with van der Waals surface area (Å²) in [4.78, 5) is 25.0. The number of carbonyl (C=O) groups excluding carboxylic acids is 2. The van der Waals surface area contributed by atoms with E-state index in [4.69, 9.17) is 4.74 Å². The van der Waals surface area contributed by atoms with Crippen LogP contribution in [0.3, 0.4) is 0 Å². The molecule has 15 heavy (non-hydrogen) atoms. The molecule has 1 saturated heterocycles. The Kier molecular flexibility index (Phi) is 1.79. The van der Waals surface area contributed by atoms with Crippen LogP contribution < -0.4 is 0 Å². The van der Waals surface area contributed by atoms with Crippen LogP contribution in [-0.4, -0.2) is 36.0 Å². The van der Waals surface area contributed by atoms with Crippen molar-refractivity contribution in [2.24, 2.45) is 0 Å². The van der Waals surface area contributed by atoms with Crippen LogP contribution in [0.15, 0.2) is 23.3 Å². The topological polar surface area (TPSA) is 49.9 Å². The molecule has 3 aliphatic rings. The van der Waals surface area contributed by atoms with E-state index in [-0.39, 0.29) is 17.9 Å². The Balaban J connectivity index is 1.87. The molecule has 4 nitrogen and oxygen atoms in total. The summed E-state index contributed by atoms with van der Waals surface area (Å²) >= 11 is 0. The highest BCUT2D eigenvalue weighted by Crippen LogP contribution is 2.30. The van der Waals surface area contributed by atoms with Crippen molar-refractivity contribution < 1.29 is 14.3 Å². The second-order valence-corrected chi connectivity index (χ2v) is 4.01. The third kappa shape index (κ3) is 1.33. The molecule has 1 fully saturated rings. The minimum absolute atomic E-state index is 0.0724. The molecule has 0 saturated carbocycles. The number of epoxide rings is 1. The van der Waals surface area contributed by atoms with Gasteiger partial charge in [-0.1, -0.05) is 12.2 Å². The maximum Gasteiger partial charge on any atom is 0.261 e. The summed E-state index contributed by atoms with van der Waals surface area (Å²) in [6, 6.07) is 0. The number of carbonyl (C=O) groups is 2. The Morgan fingerprint density at radius 2 is 2.20 bits per heavy atom. The first-order valence-corrected chi connectivity index (χ1v) is 5.15. The lowest BCUT2D eigenvalue weighted by Gasteiger charge is -2.12. The Bertz CT molecular complexity index is 404. The molecule has 1 unspecified atom stereocenters. The molecule has 3 rings (SSSR count). The number of rotatable bonds is 2. The van der Waals surface area contributed by atoms with Gasteiger partial charge in [-0.25, -0.2) is 0 Å². The maximum atomic E-state index is 11.9. The van der Waals surface area contributed by atoms with Crippen LogP contribution in [0.25, 0.3) is 0 Å². The zero-order chi connectivity index (χ0) is 10.4. The van der Waals surface area contributed by atoms with Crippen molar-refractivity contribution >= 4 is 11.8 Å². The molecule has 2 heterocycles. The number of ether oxygens (including phenoxy) is 1. The van der Waals surface area contributed by atoms with Crippen molar-refractivity contribution in [1.29, 1.82) is 0 Å². The summed E-state index contributed by atoms with van der Waals surface area (Å²) < 4.78 is 5.04. The molecule has 1 aliphatic carbocycles. The summed E-state index contributed by atoms with van der Waals surface area (Å²) in [7, 11) is 0. The predicted molar refractivity (Wildman–Crippen MR) is 51.9 cm³/mol. The van der Waals surface area contributed by atoms with Gasteiger partial charge in [-0.2, -0.15) is 0 Å². The fraction of sp³-hybridized carbons (Fsp3) is 0.455. The number of hydrogen-bond donors (Lipinski definition) is 0. The second kappa shape index (κ2) is 3.03. The van der Waals surface area contributed by atoms with Crippen molar-refractivity contribution in [3.8, 4) is 0 Å². The van der Waals surface area contributed by atoms with E-state index in [0.29, 0.717) is 30.7 Å². The third-order valence-electron chi connectivity index (χ3n) is 2.94. The van der Waals surface area contributed by atoms with Gasteiger partial charge in [-0.15, -0.1) is 0 Å². The lowest BCUT2D eigenvalue weighted by molar-refractivity contribution is -0.137. The molecule has 0 aromatic heterocycles. The highest BCUT2D eigenvalue weighted by molar-refractivity contribution is 6.20. The molecular formula is C11H11NO3. The first kappa shape index (κ1) is 8.85. The van der Waals surface area contributed by atoms with Gasteiger partial charge in [-0.3, -0.25) is 14.5 Å². The van der Waals surface area contributed by atoms with Gasteiger partial charge in [0, 0.05) is 11.1 Å². The third-order valence-corrected chi connectivity index (χ3v) is 2.94. The zero-order valence-electron chi connectivity index (χ0n) is 8.23. The maximum absolute atomic E-state index is 11.9. The summed E-state index contributed by atoms with van der Waals surface area (Å²) in [6.45, 7) is 1.08. The average molecular weight is 205 g/mol. The molecule has 2 aliphatic heterocycles. The van der Waals surface area contributed by atoms with E-state index in [1.807, 2.05) is 6.08 Å². The van der Waals surface area contributed by atoms with Crippen LogP contribution in [0, 0.1) is 0 Å². The van der Waals surface area contributed by atoms with Gasteiger partial charge in [0.2, 0.25) is 0 Å². The smallest absolute Gasteiger partial charge is 0.261 e. The van der Waals surface area contributed by atoms with E-state index in [2.05, 4.69) is 0 Å². The summed E-state index contributed by atoms with van der Waals surface area (Å²) in [6.07, 6.45) is 5.33. The van der Waals surface area contributed by atoms with E-state index < -0.39 is 0 Å². The SMILES string of the molecule is O=C1C2=C(CCC=C2)C(=O)N1CC1CO1. The van der Waals surface area contributed by atoms with Crippen LogP contribution in [-0.2, 0) is 14.3 Å². The number of nitrogens with zero attached hydrogens (tertiary/aromatic N) is 1. The van der Waals surface area contributed by atoms with Crippen molar-refractivity contribution in [1.82, 2.24) is 4.90 Å². The highest BCUT2D eigenvalue weighted by Gasteiger charge is 2.40. The van der Waals surface area contributed by atoms with Crippen LogP contribution in [0.5, 0.6) is 0 Å². The molecule has 2 amide bonds. The quantitative estimate of drug-likeness (QED) is 0.484. The van der Waals surface area contributed by atoms with Gasteiger partial charge in [0.05, 0.1) is 19.3 Å². The van der Waals surface area contributed by atoms with E-state index in [1.54, 1.807) is 6.08 Å². The molecule has 0 aromatic rings. The van der Waals surface area contributed by atoms with Crippen LogP contribution in [0.1, 0.15) is 12.8 Å². The van der Waals surface area contributed by atoms with Gasteiger partial charge in [-0.05, 0) is 12.8 Å². The number of imide groups is 1. The Morgan fingerprint density at radius 3 is 2.87 bits per heavy atom. The fourth-order valence-corrected chi connectivity index (χ4v) is 2.03. The number of hydrogen-bond acceptors (Lipinski definition) is 3. The first-order chi connectivity index (χ1) is 7.27. The van der Waals surface area contributed by atoms with Gasteiger partial charge < -0.3 is 4.74 Å². The Morgan fingerprint density at radius 1 is 1.40 bits per heavy atom. The van der Waals surface area contributed by atoms with Crippen molar-refractivity contribution in [3.63, 3.8) is 0 Å². The van der Waals surface area contributed by atoms with Crippen LogP contribution in [0.4, 0.5) is 0 Å². The molecular weight excluding hydrogens is 194 g/mol. The molecule has 4 heteroatoms. The molecule has 1 atom stereocenters. The van der Waals surface area contributed by atoms with Crippen LogP contribution >= 0.6 is 0 Å². The molecule has 0 radical (unpaired) electrons. The van der Waals surface area contributed by atoms with E-state index in [9.17, 15) is 9.59 Å². The monoisotopic (exact) mass is 205 g/mol. The van der Waals surface area contributed by atoms with Gasteiger partial charge in [0.15, 0.2) is 0 Å². The molecule has 0 N–H and O–H groups in total. The number of allylic oxidation sites excluding steroid dienone is 1. The predicted octanol–water partition coefficient (Wildman–Crippen LogP) is 0.401. The van der Waals surface area contributed by atoms with Crippen LogP contribution in [0.2, 0.25) is 0 Å². The molecule has 78 valence electrons. The van der Waals surface area contributed by atoms with Crippen molar-refractivity contribution in [3.05, 3.63) is 23.3 Å². The van der Waals surface area contributed by atoms with Crippen molar-refractivity contribution in [2.75, 3.05) is 13.2 Å². The van der Waals surface area contributed by atoms with E-state index in [1.165, 1.54) is 4.90 Å². The molecule has 0 aromatic carbocycles. The van der Waals surface area contributed by atoms with Crippen molar-refractivity contribution in [2.45, 2.75) is 18.9 Å². The Hall–Kier alpha value is -1.42. The lowest BCUT2D eigenvalue weighted by Crippen LogP contribution is -2.34. The minimum Gasteiger partial charge on any atom is -0.371 e. The number of amides is 2. The lowest BCUT2D eigenvalue weighted by atomic mass is 10.00. The summed E-state index contributed by atoms with van der Waals surface area (Å²) in [5.41, 5.74) is 1.27. The fourth-order valence-electron chi connectivity index (χ4n) is 2.03. The van der Waals surface area contributed by atoms with E-state index >= 15 is 0 Å². The minimum atomic E-state index is -0.151. The molecule has 0 spiro atoms. The van der Waals surface area contributed by atoms with Gasteiger partial charge >= 0.3 is 0 Å². The summed E-state index contributed by atoms with van der Waals surface area (Å²) in [5.74, 6) is -0.267. The Labute approximate surface area is 87.2 Å². The van der Waals surface area contributed by atoms with Gasteiger partial charge in [0.1, 0.15) is 0 Å². The highest BCUT2D eigenvalue weighted by atomic mass is 16.6. The largest absolute Gasteiger partial charge is 0.371 e. The van der Waals surface area contributed by atoms with Gasteiger partial charge in [0.25, 0.3) is 11.8 Å². The first-order valence-electron chi connectivity index (χ1n) is 5.15. The average Bonchev–Trinajstić information content (AvgIpc) is 3.04. The molecule has 0 bridgehead atoms. The normalized spacial score (nSPS) is 28.8. The zero-order valence-corrected chi connectivity index (χ0v) is 8.23. The van der Waals surface area contributed by atoms with E-state index in [0.717, 1.165) is 6.42 Å². The standard InChI is InChI=1S/C11H11NO3/c13-10-8-3-1-2-4-9(8)11(14)12(10)5-7-6-15-7/h1,3,7H,2,4-6H2. The summed E-state index contributed by atoms with van der Waals surface area (Å²) in [5, 5.41) is 0.